The lowest BCUT2D eigenvalue weighted by molar-refractivity contribution is -0.167. The summed E-state index contributed by atoms with van der Waals surface area (Å²) in [4.78, 5) is 35.6. The molecule has 182 valence electrons. The number of carbonyl (C=O) groups is 3. The molecule has 0 fully saturated rings. The molecule has 0 saturated heterocycles. The number of ether oxygens (including phenoxy) is 1. The minimum Gasteiger partial charge on any atom is -0.481 e. The molecular formula is C24H25F3N2O5. The number of fused-ring (bicyclic) bond motifs is 3. The van der Waals surface area contributed by atoms with E-state index in [1.165, 1.54) is 0 Å². The highest BCUT2D eigenvalue weighted by molar-refractivity contribution is 5.87. The van der Waals surface area contributed by atoms with Crippen molar-refractivity contribution in [3.8, 4) is 11.1 Å². The van der Waals surface area contributed by atoms with Gasteiger partial charge >= 0.3 is 18.2 Å². The van der Waals surface area contributed by atoms with Crippen LogP contribution in [-0.2, 0) is 14.3 Å². The number of rotatable bonds is 8. The molecule has 1 aliphatic carbocycles. The molecular weight excluding hydrogens is 453 g/mol. The average Bonchev–Trinajstić information content (AvgIpc) is 3.08. The van der Waals surface area contributed by atoms with Gasteiger partial charge in [-0.15, -0.1) is 0 Å². The third kappa shape index (κ3) is 5.49. The zero-order valence-electron chi connectivity index (χ0n) is 18.6. The maximum absolute atomic E-state index is 13.5. The second-order valence-corrected chi connectivity index (χ2v) is 8.38. The normalized spacial score (nSPS) is 14.6. The van der Waals surface area contributed by atoms with Crippen LogP contribution in [0.4, 0.5) is 18.0 Å². The second kappa shape index (κ2) is 10.1. The lowest BCUT2D eigenvalue weighted by Gasteiger charge is -2.23. The fourth-order valence-electron chi connectivity index (χ4n) is 3.97. The van der Waals surface area contributed by atoms with Gasteiger partial charge in [0.1, 0.15) is 6.61 Å². The Morgan fingerprint density at radius 1 is 1.00 bits per heavy atom. The van der Waals surface area contributed by atoms with Crippen LogP contribution >= 0.6 is 0 Å². The Balaban J connectivity index is 1.66. The van der Waals surface area contributed by atoms with E-state index < -0.39 is 48.6 Å². The Labute approximate surface area is 194 Å². The Bertz CT molecular complexity index is 1030. The molecule has 2 atom stereocenters. The minimum absolute atomic E-state index is 0.222. The van der Waals surface area contributed by atoms with Gasteiger partial charge in [-0.05, 0) is 28.2 Å². The Kier molecular flexibility index (Phi) is 7.48. The lowest BCUT2D eigenvalue weighted by atomic mass is 9.96. The van der Waals surface area contributed by atoms with Gasteiger partial charge in [0.2, 0.25) is 6.04 Å². The zero-order chi connectivity index (χ0) is 25.0. The van der Waals surface area contributed by atoms with Gasteiger partial charge in [0, 0.05) is 12.5 Å². The standard InChI is InChI=1S/C24H25F3N2O5/c1-13(2)18(22(31)32)11-28-21(30)20(24(25,26)27)29-23(33)34-12-19-16-9-5-3-7-14(16)15-8-4-6-10-17(15)19/h3-10,13,18-20H,11-12H2,1-2H3,(H,28,30)(H,29,33)(H,31,32). The molecule has 34 heavy (non-hydrogen) atoms. The molecule has 0 aliphatic heterocycles. The molecule has 7 nitrogen and oxygen atoms in total. The first-order valence-corrected chi connectivity index (χ1v) is 10.7. The number of carbonyl (C=O) groups excluding carboxylic acids is 2. The Morgan fingerprint density at radius 2 is 1.53 bits per heavy atom. The minimum atomic E-state index is -5.10. The molecule has 10 heteroatoms. The smallest absolute Gasteiger partial charge is 0.417 e. The third-order valence-corrected chi connectivity index (χ3v) is 5.81. The number of amides is 2. The van der Waals surface area contributed by atoms with Crippen molar-refractivity contribution < 1.29 is 37.4 Å². The van der Waals surface area contributed by atoms with Gasteiger partial charge in [-0.25, -0.2) is 4.79 Å². The number of alkyl halides is 3. The van der Waals surface area contributed by atoms with Crippen LogP contribution in [0.5, 0.6) is 0 Å². The first kappa shape index (κ1) is 25.1. The summed E-state index contributed by atoms with van der Waals surface area (Å²) >= 11 is 0. The first-order chi connectivity index (χ1) is 16.0. The van der Waals surface area contributed by atoms with E-state index in [0.29, 0.717) is 0 Å². The summed E-state index contributed by atoms with van der Waals surface area (Å²) in [6.45, 7) is 2.41. The highest BCUT2D eigenvalue weighted by Gasteiger charge is 2.46. The van der Waals surface area contributed by atoms with Gasteiger partial charge in [0.05, 0.1) is 5.92 Å². The van der Waals surface area contributed by atoms with Crippen LogP contribution in [0.15, 0.2) is 48.5 Å². The highest BCUT2D eigenvalue weighted by atomic mass is 19.4. The van der Waals surface area contributed by atoms with Crippen molar-refractivity contribution in [2.75, 3.05) is 13.2 Å². The fraction of sp³-hybridized carbons (Fsp3) is 0.375. The second-order valence-electron chi connectivity index (χ2n) is 8.38. The van der Waals surface area contributed by atoms with E-state index in [1.807, 2.05) is 53.8 Å². The number of carboxylic acid groups (broad SMARTS) is 1. The number of carboxylic acids is 1. The van der Waals surface area contributed by atoms with Crippen LogP contribution in [0.3, 0.4) is 0 Å². The van der Waals surface area contributed by atoms with Gasteiger partial charge in [-0.2, -0.15) is 13.2 Å². The topological polar surface area (TPSA) is 105 Å². The molecule has 3 rings (SSSR count). The zero-order valence-corrected chi connectivity index (χ0v) is 18.6. The number of hydrogen-bond acceptors (Lipinski definition) is 4. The van der Waals surface area contributed by atoms with E-state index in [0.717, 1.165) is 22.3 Å². The van der Waals surface area contributed by atoms with E-state index >= 15 is 0 Å². The number of halogens is 3. The highest BCUT2D eigenvalue weighted by Crippen LogP contribution is 2.44. The SMILES string of the molecule is CC(C)C(CNC(=O)C(NC(=O)OCC1c2ccccc2-c2ccccc21)C(F)(F)F)C(=O)O. The molecule has 0 saturated carbocycles. The van der Waals surface area contributed by atoms with Crippen LogP contribution in [0, 0.1) is 11.8 Å². The Morgan fingerprint density at radius 3 is 2.00 bits per heavy atom. The van der Waals surface area contributed by atoms with E-state index in [4.69, 9.17) is 9.84 Å². The van der Waals surface area contributed by atoms with Crippen LogP contribution in [0.25, 0.3) is 11.1 Å². The van der Waals surface area contributed by atoms with Crippen molar-refractivity contribution in [3.05, 3.63) is 59.7 Å². The number of aliphatic carboxylic acids is 1. The molecule has 2 aromatic rings. The third-order valence-electron chi connectivity index (χ3n) is 5.81. The number of alkyl carbamates (subject to hydrolysis) is 1. The van der Waals surface area contributed by atoms with Crippen molar-refractivity contribution in [2.24, 2.45) is 11.8 Å². The van der Waals surface area contributed by atoms with E-state index in [9.17, 15) is 27.6 Å². The molecule has 2 amide bonds. The molecule has 0 aromatic heterocycles. The van der Waals surface area contributed by atoms with E-state index in [2.05, 4.69) is 0 Å². The number of hydrogen-bond donors (Lipinski definition) is 3. The van der Waals surface area contributed by atoms with Crippen molar-refractivity contribution in [3.63, 3.8) is 0 Å². The van der Waals surface area contributed by atoms with Crippen molar-refractivity contribution in [2.45, 2.75) is 32.0 Å². The average molecular weight is 478 g/mol. The maximum Gasteiger partial charge on any atom is 0.417 e. The summed E-state index contributed by atoms with van der Waals surface area (Å²) in [7, 11) is 0. The number of benzene rings is 2. The molecule has 2 aromatic carbocycles. The summed E-state index contributed by atoms with van der Waals surface area (Å²) in [6, 6.07) is 12.1. The molecule has 0 spiro atoms. The van der Waals surface area contributed by atoms with Crippen LogP contribution in [0.1, 0.15) is 30.9 Å². The molecule has 0 heterocycles. The Hall–Kier alpha value is -3.56. The van der Waals surface area contributed by atoms with Gasteiger partial charge in [-0.3, -0.25) is 9.59 Å². The predicted molar refractivity (Wildman–Crippen MR) is 117 cm³/mol. The number of nitrogens with one attached hydrogen (secondary N) is 2. The summed E-state index contributed by atoms with van der Waals surface area (Å²) in [6.07, 6.45) is -6.51. The largest absolute Gasteiger partial charge is 0.481 e. The van der Waals surface area contributed by atoms with Crippen LogP contribution < -0.4 is 10.6 Å². The predicted octanol–water partition coefficient (Wildman–Crippen LogP) is 3.93. The quantitative estimate of drug-likeness (QED) is 0.533. The summed E-state index contributed by atoms with van der Waals surface area (Å²) in [5, 5.41) is 12.7. The van der Waals surface area contributed by atoms with Gasteiger partial charge in [-0.1, -0.05) is 62.4 Å². The van der Waals surface area contributed by atoms with Gasteiger partial charge < -0.3 is 20.5 Å². The van der Waals surface area contributed by atoms with Crippen molar-refractivity contribution in [1.82, 2.24) is 10.6 Å². The molecule has 0 bridgehead atoms. The van der Waals surface area contributed by atoms with Crippen LogP contribution in [-0.4, -0.2) is 48.4 Å². The summed E-state index contributed by atoms with van der Waals surface area (Å²) in [5.74, 6) is -4.67. The van der Waals surface area contributed by atoms with Crippen molar-refractivity contribution >= 4 is 18.0 Å². The lowest BCUT2D eigenvalue weighted by Crippen LogP contribution is -2.56. The molecule has 0 radical (unpaired) electrons. The maximum atomic E-state index is 13.5. The molecule has 3 N–H and O–H groups in total. The van der Waals surface area contributed by atoms with E-state index in [-0.39, 0.29) is 12.5 Å². The monoisotopic (exact) mass is 478 g/mol. The summed E-state index contributed by atoms with van der Waals surface area (Å²) < 4.78 is 45.5. The van der Waals surface area contributed by atoms with E-state index in [1.54, 1.807) is 19.2 Å². The first-order valence-electron chi connectivity index (χ1n) is 10.7. The van der Waals surface area contributed by atoms with Gasteiger partial charge in [0.25, 0.3) is 5.91 Å². The van der Waals surface area contributed by atoms with Crippen LogP contribution in [0.2, 0.25) is 0 Å². The van der Waals surface area contributed by atoms with Crippen molar-refractivity contribution in [1.29, 1.82) is 0 Å². The molecule has 2 unspecified atom stereocenters. The summed E-state index contributed by atoms with van der Waals surface area (Å²) in [5.41, 5.74) is 3.68. The molecule has 1 aliphatic rings. The van der Waals surface area contributed by atoms with Gasteiger partial charge in [0.15, 0.2) is 0 Å². The fourth-order valence-corrected chi connectivity index (χ4v) is 3.97.